The second-order valence-corrected chi connectivity index (χ2v) is 5.58. The molecule has 3 heteroatoms. The number of ether oxygens (including phenoxy) is 1. The Morgan fingerprint density at radius 2 is 2.19 bits per heavy atom. The fourth-order valence-corrected chi connectivity index (χ4v) is 2.76. The van der Waals surface area contributed by atoms with Gasteiger partial charge in [-0.1, -0.05) is 6.07 Å². The van der Waals surface area contributed by atoms with Gasteiger partial charge < -0.3 is 4.74 Å². The summed E-state index contributed by atoms with van der Waals surface area (Å²) in [5.41, 5.74) is 2.32. The molecule has 0 N–H and O–H groups in total. The third kappa shape index (κ3) is 2.39. The number of halogens is 1. The minimum absolute atomic E-state index is 0.0537. The average Bonchev–Trinajstić information content (AvgIpc) is 3.05. The van der Waals surface area contributed by atoms with Crippen LogP contribution in [0.25, 0.3) is 0 Å². The van der Waals surface area contributed by atoms with Crippen molar-refractivity contribution in [2.45, 2.75) is 25.7 Å². The average molecular weight is 330 g/mol. The van der Waals surface area contributed by atoms with Crippen LogP contribution in [0.2, 0.25) is 0 Å². The first kappa shape index (κ1) is 11.9. The number of carbonyl (C=O) groups is 1. The maximum atomic E-state index is 11.8. The number of aryl methyl sites for hydroxylation is 1. The fraction of sp³-hybridized carbons (Fsp3) is 0.462. The maximum absolute atomic E-state index is 11.8. The summed E-state index contributed by atoms with van der Waals surface area (Å²) < 4.78 is 6.12. The molecule has 1 aromatic rings. The van der Waals surface area contributed by atoms with Crippen LogP contribution in [0, 0.1) is 16.4 Å². The van der Waals surface area contributed by atoms with Gasteiger partial charge in [0, 0.05) is 3.57 Å². The van der Waals surface area contributed by atoms with Crippen molar-refractivity contribution in [3.8, 4) is 0 Å². The standard InChI is InChI=1S/C13H15IO2/c1-8-7-10(14)5-6-11(8)12(9-3-4-9)13(15)16-2/h5-7,9,12H,3-4H2,1-2H3. The van der Waals surface area contributed by atoms with E-state index in [0.29, 0.717) is 5.92 Å². The Morgan fingerprint density at radius 1 is 1.50 bits per heavy atom. The zero-order chi connectivity index (χ0) is 11.7. The van der Waals surface area contributed by atoms with Crippen LogP contribution < -0.4 is 0 Å². The van der Waals surface area contributed by atoms with Gasteiger partial charge in [-0.15, -0.1) is 0 Å². The third-order valence-corrected chi connectivity index (χ3v) is 3.79. The van der Waals surface area contributed by atoms with Crippen LogP contribution in [-0.4, -0.2) is 13.1 Å². The van der Waals surface area contributed by atoms with Crippen molar-refractivity contribution in [3.63, 3.8) is 0 Å². The number of methoxy groups -OCH3 is 1. The van der Waals surface area contributed by atoms with Crippen LogP contribution in [0.1, 0.15) is 29.9 Å². The van der Waals surface area contributed by atoms with E-state index in [1.807, 2.05) is 0 Å². The fourth-order valence-electron chi connectivity index (χ4n) is 2.12. The molecular formula is C13H15IO2. The molecule has 16 heavy (non-hydrogen) atoms. The molecule has 0 amide bonds. The van der Waals surface area contributed by atoms with E-state index in [0.717, 1.165) is 18.4 Å². The van der Waals surface area contributed by atoms with Crippen LogP contribution in [0.4, 0.5) is 0 Å². The quantitative estimate of drug-likeness (QED) is 0.628. The second-order valence-electron chi connectivity index (χ2n) is 4.34. The molecule has 0 heterocycles. The van der Waals surface area contributed by atoms with Gasteiger partial charge in [0.1, 0.15) is 0 Å². The van der Waals surface area contributed by atoms with Crippen molar-refractivity contribution >= 4 is 28.6 Å². The summed E-state index contributed by atoms with van der Waals surface area (Å²) in [7, 11) is 1.47. The van der Waals surface area contributed by atoms with Crippen molar-refractivity contribution < 1.29 is 9.53 Å². The van der Waals surface area contributed by atoms with Crippen LogP contribution in [0.15, 0.2) is 18.2 Å². The van der Waals surface area contributed by atoms with Crippen LogP contribution >= 0.6 is 22.6 Å². The first-order valence-electron chi connectivity index (χ1n) is 5.47. The summed E-state index contributed by atoms with van der Waals surface area (Å²) in [6.45, 7) is 2.07. The van der Waals surface area contributed by atoms with E-state index in [4.69, 9.17) is 4.74 Å². The molecule has 1 aliphatic rings. The highest BCUT2D eigenvalue weighted by molar-refractivity contribution is 14.1. The van der Waals surface area contributed by atoms with E-state index >= 15 is 0 Å². The number of hydrogen-bond acceptors (Lipinski definition) is 2. The van der Waals surface area contributed by atoms with Gasteiger partial charge in [-0.05, 0) is 71.5 Å². The van der Waals surface area contributed by atoms with Crippen LogP contribution in [0.3, 0.4) is 0 Å². The second kappa shape index (κ2) is 4.73. The molecule has 1 saturated carbocycles. The predicted octanol–water partition coefficient (Wildman–Crippen LogP) is 3.27. The Morgan fingerprint density at radius 3 is 2.69 bits per heavy atom. The zero-order valence-corrected chi connectivity index (χ0v) is 11.7. The Labute approximate surface area is 110 Å². The van der Waals surface area contributed by atoms with Gasteiger partial charge in [0.05, 0.1) is 13.0 Å². The van der Waals surface area contributed by atoms with Crippen molar-refractivity contribution in [1.29, 1.82) is 0 Å². The van der Waals surface area contributed by atoms with Crippen molar-refractivity contribution in [3.05, 3.63) is 32.9 Å². The van der Waals surface area contributed by atoms with Gasteiger partial charge in [-0.2, -0.15) is 0 Å². The summed E-state index contributed by atoms with van der Waals surface area (Å²) >= 11 is 2.29. The Balaban J connectivity index is 2.34. The van der Waals surface area contributed by atoms with Gasteiger partial charge >= 0.3 is 5.97 Å². The summed E-state index contributed by atoms with van der Waals surface area (Å²) in [6, 6.07) is 6.24. The molecule has 0 radical (unpaired) electrons. The molecule has 0 spiro atoms. The lowest BCUT2D eigenvalue weighted by Gasteiger charge is -2.16. The van der Waals surface area contributed by atoms with E-state index < -0.39 is 0 Å². The van der Waals surface area contributed by atoms with Gasteiger partial charge in [-0.3, -0.25) is 4.79 Å². The zero-order valence-electron chi connectivity index (χ0n) is 9.50. The summed E-state index contributed by atoms with van der Waals surface area (Å²) in [4.78, 5) is 11.8. The minimum atomic E-state index is -0.0909. The van der Waals surface area contributed by atoms with E-state index in [-0.39, 0.29) is 11.9 Å². The monoisotopic (exact) mass is 330 g/mol. The highest BCUT2D eigenvalue weighted by Gasteiger charge is 2.38. The van der Waals surface area contributed by atoms with Crippen molar-refractivity contribution in [1.82, 2.24) is 0 Å². The number of hydrogen-bond donors (Lipinski definition) is 0. The Hall–Kier alpha value is -0.580. The van der Waals surface area contributed by atoms with E-state index in [2.05, 4.69) is 47.7 Å². The number of rotatable bonds is 3. The SMILES string of the molecule is COC(=O)C(c1ccc(I)cc1C)C1CC1. The maximum Gasteiger partial charge on any atom is 0.313 e. The number of benzene rings is 1. The molecule has 0 aromatic heterocycles. The third-order valence-electron chi connectivity index (χ3n) is 3.12. The van der Waals surface area contributed by atoms with Crippen molar-refractivity contribution in [2.75, 3.05) is 7.11 Å². The summed E-state index contributed by atoms with van der Waals surface area (Å²) in [6.07, 6.45) is 2.29. The normalized spacial score (nSPS) is 16.9. The molecule has 0 saturated heterocycles. The molecule has 1 atom stereocenters. The molecule has 1 unspecified atom stereocenters. The van der Waals surface area contributed by atoms with Gasteiger partial charge in [0.2, 0.25) is 0 Å². The van der Waals surface area contributed by atoms with E-state index in [1.54, 1.807) is 0 Å². The first-order chi connectivity index (χ1) is 7.63. The van der Waals surface area contributed by atoms with Gasteiger partial charge in [-0.25, -0.2) is 0 Å². The molecule has 1 fully saturated rings. The lowest BCUT2D eigenvalue weighted by molar-refractivity contribution is -0.143. The molecule has 1 aromatic carbocycles. The molecule has 0 aliphatic heterocycles. The molecular weight excluding hydrogens is 315 g/mol. The largest absolute Gasteiger partial charge is 0.469 e. The highest BCUT2D eigenvalue weighted by Crippen LogP contribution is 2.44. The Bertz CT molecular complexity index is 410. The van der Waals surface area contributed by atoms with Crippen molar-refractivity contribution in [2.24, 2.45) is 5.92 Å². The van der Waals surface area contributed by atoms with Crippen LogP contribution in [-0.2, 0) is 9.53 Å². The topological polar surface area (TPSA) is 26.3 Å². The number of carbonyl (C=O) groups excluding carboxylic acids is 1. The van der Waals surface area contributed by atoms with Gasteiger partial charge in [0.25, 0.3) is 0 Å². The lowest BCUT2D eigenvalue weighted by Crippen LogP contribution is -2.17. The molecule has 86 valence electrons. The smallest absolute Gasteiger partial charge is 0.313 e. The first-order valence-corrected chi connectivity index (χ1v) is 6.55. The molecule has 2 rings (SSSR count). The van der Waals surface area contributed by atoms with E-state index in [1.165, 1.54) is 16.2 Å². The van der Waals surface area contributed by atoms with E-state index in [9.17, 15) is 4.79 Å². The molecule has 1 aliphatic carbocycles. The lowest BCUT2D eigenvalue weighted by atomic mass is 9.91. The van der Waals surface area contributed by atoms with Crippen LogP contribution in [0.5, 0.6) is 0 Å². The summed E-state index contributed by atoms with van der Waals surface area (Å²) in [5.74, 6) is 0.347. The summed E-state index contributed by atoms with van der Waals surface area (Å²) in [5, 5.41) is 0. The predicted molar refractivity (Wildman–Crippen MR) is 71.4 cm³/mol. The highest BCUT2D eigenvalue weighted by atomic mass is 127. The molecule has 2 nitrogen and oxygen atoms in total. The number of esters is 1. The minimum Gasteiger partial charge on any atom is -0.469 e. The van der Waals surface area contributed by atoms with Gasteiger partial charge in [0.15, 0.2) is 0 Å². The molecule has 0 bridgehead atoms. The Kier molecular flexibility index (Phi) is 3.52.